The maximum Gasteiger partial charge on any atom is 0.301 e. The number of nitrogens with two attached hydrogens (primary N) is 1. The first-order valence-corrected chi connectivity index (χ1v) is 7.84. The number of furan rings is 1. The molecule has 118 valence electrons. The molecule has 3 N–H and O–H groups in total. The van der Waals surface area contributed by atoms with E-state index in [1.807, 2.05) is 13.0 Å². The van der Waals surface area contributed by atoms with E-state index >= 15 is 0 Å². The van der Waals surface area contributed by atoms with Gasteiger partial charge in [-0.2, -0.15) is 0 Å². The summed E-state index contributed by atoms with van der Waals surface area (Å²) in [5.74, 6) is 7.54. The monoisotopic (exact) mass is 293 g/mol. The average molecular weight is 293 g/mol. The first-order chi connectivity index (χ1) is 10.0. The SMILES string of the molecule is Cc1cc(CN2CCCC(C(C)C)CC2)oc1C(=O)NN. The van der Waals surface area contributed by atoms with Crippen molar-refractivity contribution >= 4 is 5.91 Å². The maximum atomic E-state index is 11.6. The molecule has 1 aliphatic heterocycles. The van der Waals surface area contributed by atoms with Crippen molar-refractivity contribution in [2.45, 2.75) is 46.6 Å². The first kappa shape index (κ1) is 16.0. The van der Waals surface area contributed by atoms with E-state index in [0.29, 0.717) is 5.76 Å². The molecule has 2 rings (SSSR count). The Morgan fingerprint density at radius 3 is 2.90 bits per heavy atom. The molecule has 5 heteroatoms. The quantitative estimate of drug-likeness (QED) is 0.508. The van der Waals surface area contributed by atoms with E-state index < -0.39 is 0 Å². The molecule has 0 radical (unpaired) electrons. The zero-order valence-corrected chi connectivity index (χ0v) is 13.3. The van der Waals surface area contributed by atoms with Gasteiger partial charge in [0.2, 0.25) is 0 Å². The molecule has 0 spiro atoms. The van der Waals surface area contributed by atoms with E-state index in [1.54, 1.807) is 0 Å². The molecule has 1 aliphatic rings. The highest BCUT2D eigenvalue weighted by molar-refractivity contribution is 5.92. The fourth-order valence-corrected chi connectivity index (χ4v) is 3.14. The van der Waals surface area contributed by atoms with Gasteiger partial charge in [0, 0.05) is 5.56 Å². The van der Waals surface area contributed by atoms with Gasteiger partial charge in [-0.1, -0.05) is 13.8 Å². The molecule has 0 saturated carbocycles. The molecule has 1 saturated heterocycles. The van der Waals surface area contributed by atoms with Gasteiger partial charge < -0.3 is 4.42 Å². The van der Waals surface area contributed by atoms with Crippen molar-refractivity contribution in [3.05, 3.63) is 23.2 Å². The maximum absolute atomic E-state index is 11.6. The minimum Gasteiger partial charge on any atom is -0.454 e. The number of nitrogens with one attached hydrogen (secondary N) is 1. The largest absolute Gasteiger partial charge is 0.454 e. The average Bonchev–Trinajstić information content (AvgIpc) is 2.66. The predicted octanol–water partition coefficient (Wildman–Crippen LogP) is 2.45. The van der Waals surface area contributed by atoms with Gasteiger partial charge in [0.1, 0.15) is 5.76 Å². The molecule has 5 nitrogen and oxygen atoms in total. The molecule has 1 unspecified atom stereocenters. The molecule has 1 aromatic rings. The molecule has 21 heavy (non-hydrogen) atoms. The van der Waals surface area contributed by atoms with E-state index in [-0.39, 0.29) is 5.91 Å². The molecule has 0 aliphatic carbocycles. The zero-order chi connectivity index (χ0) is 15.4. The van der Waals surface area contributed by atoms with Crippen molar-refractivity contribution in [1.82, 2.24) is 10.3 Å². The van der Waals surface area contributed by atoms with Crippen molar-refractivity contribution in [3.63, 3.8) is 0 Å². The van der Waals surface area contributed by atoms with Crippen molar-refractivity contribution in [1.29, 1.82) is 0 Å². The minimum absolute atomic E-state index is 0.322. The number of likely N-dealkylation sites (tertiary alicyclic amines) is 1. The van der Waals surface area contributed by atoms with Crippen LogP contribution in [0.5, 0.6) is 0 Å². The van der Waals surface area contributed by atoms with E-state index in [4.69, 9.17) is 10.3 Å². The number of aryl methyl sites for hydroxylation is 1. The normalized spacial score (nSPS) is 20.5. The zero-order valence-electron chi connectivity index (χ0n) is 13.3. The van der Waals surface area contributed by atoms with Gasteiger partial charge in [-0.25, -0.2) is 5.84 Å². The van der Waals surface area contributed by atoms with Crippen molar-refractivity contribution < 1.29 is 9.21 Å². The van der Waals surface area contributed by atoms with Gasteiger partial charge in [-0.15, -0.1) is 0 Å². The number of nitrogens with zero attached hydrogens (tertiary/aromatic N) is 1. The van der Waals surface area contributed by atoms with E-state index in [0.717, 1.165) is 42.8 Å². The molecular weight excluding hydrogens is 266 g/mol. The van der Waals surface area contributed by atoms with E-state index in [2.05, 4.69) is 24.2 Å². The molecule has 2 heterocycles. The van der Waals surface area contributed by atoms with Crippen LogP contribution in [-0.4, -0.2) is 23.9 Å². The summed E-state index contributed by atoms with van der Waals surface area (Å²) in [6.07, 6.45) is 3.79. The minimum atomic E-state index is -0.366. The number of nitrogen functional groups attached to an aromatic ring is 1. The van der Waals surface area contributed by atoms with E-state index in [9.17, 15) is 4.79 Å². The smallest absolute Gasteiger partial charge is 0.301 e. The Labute approximate surface area is 126 Å². The van der Waals surface area contributed by atoms with Crippen molar-refractivity contribution in [2.75, 3.05) is 13.1 Å². The fraction of sp³-hybridized carbons (Fsp3) is 0.688. The third-order valence-electron chi connectivity index (χ3n) is 4.49. The standard InChI is InChI=1S/C16H27N3O2/c1-11(2)13-5-4-7-19(8-6-13)10-14-9-12(3)15(21-14)16(20)18-17/h9,11,13H,4-8,10,17H2,1-3H3,(H,18,20). The Kier molecular flexibility index (Phi) is 5.42. The molecule has 0 aromatic carbocycles. The number of hydrazine groups is 1. The van der Waals surface area contributed by atoms with Gasteiger partial charge in [0.15, 0.2) is 5.76 Å². The predicted molar refractivity (Wildman–Crippen MR) is 82.6 cm³/mol. The second-order valence-corrected chi connectivity index (χ2v) is 6.41. The molecule has 0 bridgehead atoms. The number of hydrogen-bond acceptors (Lipinski definition) is 4. The molecular formula is C16H27N3O2. The van der Waals surface area contributed by atoms with Crippen molar-refractivity contribution in [3.8, 4) is 0 Å². The number of carbonyl (C=O) groups is 1. The Balaban J connectivity index is 1.97. The molecule has 1 aromatic heterocycles. The highest BCUT2D eigenvalue weighted by Crippen LogP contribution is 2.25. The number of rotatable bonds is 4. The number of carbonyl (C=O) groups excluding carboxylic acids is 1. The first-order valence-electron chi connectivity index (χ1n) is 7.84. The van der Waals surface area contributed by atoms with Crippen LogP contribution in [0.15, 0.2) is 10.5 Å². The second-order valence-electron chi connectivity index (χ2n) is 6.41. The lowest BCUT2D eigenvalue weighted by atomic mass is 9.89. The van der Waals surface area contributed by atoms with Crippen LogP contribution in [-0.2, 0) is 6.54 Å². The van der Waals surface area contributed by atoms with Gasteiger partial charge in [0.25, 0.3) is 0 Å². The summed E-state index contributed by atoms with van der Waals surface area (Å²) in [5.41, 5.74) is 2.96. The third-order valence-corrected chi connectivity index (χ3v) is 4.49. The third kappa shape index (κ3) is 4.08. The number of amides is 1. The van der Waals surface area contributed by atoms with Crippen LogP contribution in [0.3, 0.4) is 0 Å². The molecule has 1 fully saturated rings. The Morgan fingerprint density at radius 2 is 2.24 bits per heavy atom. The van der Waals surface area contributed by atoms with Crippen LogP contribution in [0, 0.1) is 18.8 Å². The Morgan fingerprint density at radius 1 is 1.48 bits per heavy atom. The summed E-state index contributed by atoms with van der Waals surface area (Å²) in [7, 11) is 0. The van der Waals surface area contributed by atoms with Crippen LogP contribution in [0.25, 0.3) is 0 Å². The summed E-state index contributed by atoms with van der Waals surface area (Å²) in [6.45, 7) is 9.46. The summed E-state index contributed by atoms with van der Waals surface area (Å²) in [6, 6.07) is 1.94. The Hall–Kier alpha value is -1.33. The highest BCUT2D eigenvalue weighted by atomic mass is 16.4. The van der Waals surface area contributed by atoms with Crippen LogP contribution in [0.4, 0.5) is 0 Å². The Bertz CT molecular complexity index is 482. The number of hydrogen-bond donors (Lipinski definition) is 2. The molecule has 1 atom stereocenters. The summed E-state index contributed by atoms with van der Waals surface area (Å²) in [5, 5.41) is 0. The molecule has 1 amide bonds. The van der Waals surface area contributed by atoms with Crippen LogP contribution < -0.4 is 11.3 Å². The summed E-state index contributed by atoms with van der Waals surface area (Å²) < 4.78 is 5.65. The summed E-state index contributed by atoms with van der Waals surface area (Å²) >= 11 is 0. The lowest BCUT2D eigenvalue weighted by Crippen LogP contribution is -2.30. The lowest BCUT2D eigenvalue weighted by molar-refractivity contribution is 0.0921. The lowest BCUT2D eigenvalue weighted by Gasteiger charge is -2.20. The van der Waals surface area contributed by atoms with Gasteiger partial charge in [-0.05, 0) is 57.2 Å². The van der Waals surface area contributed by atoms with Gasteiger partial charge in [-0.3, -0.25) is 15.1 Å². The van der Waals surface area contributed by atoms with Crippen LogP contribution in [0.1, 0.15) is 55.0 Å². The second kappa shape index (κ2) is 7.09. The van der Waals surface area contributed by atoms with Crippen LogP contribution in [0.2, 0.25) is 0 Å². The van der Waals surface area contributed by atoms with E-state index in [1.165, 1.54) is 19.3 Å². The fourth-order valence-electron chi connectivity index (χ4n) is 3.14. The summed E-state index contributed by atoms with van der Waals surface area (Å²) in [4.78, 5) is 14.0. The topological polar surface area (TPSA) is 71.5 Å². The van der Waals surface area contributed by atoms with Crippen molar-refractivity contribution in [2.24, 2.45) is 17.7 Å². The van der Waals surface area contributed by atoms with Gasteiger partial charge >= 0.3 is 5.91 Å². The van der Waals surface area contributed by atoms with Crippen LogP contribution >= 0.6 is 0 Å². The van der Waals surface area contributed by atoms with Gasteiger partial charge in [0.05, 0.1) is 6.54 Å². The highest BCUT2D eigenvalue weighted by Gasteiger charge is 2.21.